The lowest BCUT2D eigenvalue weighted by Gasteiger charge is -2.22. The molecule has 0 aromatic heterocycles. The molecular formula is C15H16O. The quantitative estimate of drug-likeness (QED) is 0.734. The minimum atomic E-state index is 0.340. The second-order valence-electron chi connectivity index (χ2n) is 5.13. The zero-order chi connectivity index (χ0) is 11.2. The predicted octanol–water partition coefficient (Wildman–Crippen LogP) is 3.34. The highest BCUT2D eigenvalue weighted by atomic mass is 16.1. The van der Waals surface area contributed by atoms with Crippen LogP contribution >= 0.6 is 0 Å². The Bertz CT molecular complexity index is 460. The van der Waals surface area contributed by atoms with Crippen LogP contribution in [-0.2, 0) is 10.2 Å². The van der Waals surface area contributed by atoms with Crippen molar-refractivity contribution in [2.24, 2.45) is 5.92 Å². The van der Waals surface area contributed by atoms with Crippen molar-refractivity contribution in [3.63, 3.8) is 0 Å². The van der Waals surface area contributed by atoms with Crippen molar-refractivity contribution in [3.8, 4) is 0 Å². The third-order valence-electron chi connectivity index (χ3n) is 4.25. The Kier molecular flexibility index (Phi) is 2.03. The Morgan fingerprint density at radius 1 is 1.44 bits per heavy atom. The van der Waals surface area contributed by atoms with Crippen LogP contribution in [0.1, 0.15) is 36.8 Å². The van der Waals surface area contributed by atoms with Crippen LogP contribution in [0.15, 0.2) is 30.8 Å². The van der Waals surface area contributed by atoms with E-state index in [1.54, 1.807) is 0 Å². The summed E-state index contributed by atoms with van der Waals surface area (Å²) in [6.07, 6.45) is 5.73. The fourth-order valence-corrected chi connectivity index (χ4v) is 3.17. The molecule has 16 heavy (non-hydrogen) atoms. The van der Waals surface area contributed by atoms with Gasteiger partial charge in [-0.3, -0.25) is 4.79 Å². The van der Waals surface area contributed by atoms with E-state index < -0.39 is 0 Å². The molecule has 2 unspecified atom stereocenters. The lowest BCUT2D eigenvalue weighted by atomic mass is 9.82. The first kappa shape index (κ1) is 9.83. The Morgan fingerprint density at radius 2 is 2.31 bits per heavy atom. The van der Waals surface area contributed by atoms with Crippen molar-refractivity contribution in [2.75, 3.05) is 0 Å². The SMILES string of the molecule is C=Cc1cccc(C23CCC(=O)CC2C3)c1. The van der Waals surface area contributed by atoms with Crippen LogP contribution in [0.4, 0.5) is 0 Å². The molecule has 0 radical (unpaired) electrons. The number of carbonyl (C=O) groups excluding carboxylic acids is 1. The number of fused-ring (bicyclic) bond motifs is 1. The summed E-state index contributed by atoms with van der Waals surface area (Å²) in [4.78, 5) is 11.4. The van der Waals surface area contributed by atoms with Crippen LogP contribution < -0.4 is 0 Å². The van der Waals surface area contributed by atoms with E-state index in [0.29, 0.717) is 17.1 Å². The number of ketones is 1. The fourth-order valence-electron chi connectivity index (χ4n) is 3.17. The van der Waals surface area contributed by atoms with Crippen LogP contribution in [0.3, 0.4) is 0 Å². The van der Waals surface area contributed by atoms with Crippen molar-refractivity contribution in [3.05, 3.63) is 42.0 Å². The molecule has 2 atom stereocenters. The molecule has 0 bridgehead atoms. The molecule has 0 spiro atoms. The third kappa shape index (κ3) is 1.35. The van der Waals surface area contributed by atoms with Crippen LogP contribution in [0.25, 0.3) is 6.08 Å². The zero-order valence-corrected chi connectivity index (χ0v) is 9.41. The van der Waals surface area contributed by atoms with Crippen LogP contribution in [0, 0.1) is 5.92 Å². The Labute approximate surface area is 96.2 Å². The van der Waals surface area contributed by atoms with Gasteiger partial charge < -0.3 is 0 Å². The summed E-state index contributed by atoms with van der Waals surface area (Å²) in [7, 11) is 0. The molecule has 0 amide bonds. The van der Waals surface area contributed by atoms with Crippen molar-refractivity contribution in [1.29, 1.82) is 0 Å². The monoisotopic (exact) mass is 212 g/mol. The molecule has 1 nitrogen and oxygen atoms in total. The Hall–Kier alpha value is -1.37. The van der Waals surface area contributed by atoms with Gasteiger partial charge in [0.15, 0.2) is 0 Å². The van der Waals surface area contributed by atoms with E-state index in [-0.39, 0.29) is 0 Å². The minimum absolute atomic E-state index is 0.340. The van der Waals surface area contributed by atoms with Crippen molar-refractivity contribution < 1.29 is 4.79 Å². The number of hydrogen-bond acceptors (Lipinski definition) is 1. The number of carbonyl (C=O) groups is 1. The molecule has 0 heterocycles. The molecule has 0 saturated heterocycles. The van der Waals surface area contributed by atoms with Gasteiger partial charge in [0.2, 0.25) is 0 Å². The summed E-state index contributed by atoms with van der Waals surface area (Å²) in [5, 5.41) is 0. The van der Waals surface area contributed by atoms with Gasteiger partial charge in [-0.05, 0) is 35.3 Å². The van der Waals surface area contributed by atoms with E-state index in [1.807, 2.05) is 6.08 Å². The number of rotatable bonds is 2. The molecule has 0 N–H and O–H groups in total. The Morgan fingerprint density at radius 3 is 3.06 bits per heavy atom. The van der Waals surface area contributed by atoms with Crippen LogP contribution in [0.2, 0.25) is 0 Å². The van der Waals surface area contributed by atoms with Crippen molar-refractivity contribution in [2.45, 2.75) is 31.1 Å². The molecule has 0 aliphatic heterocycles. The zero-order valence-electron chi connectivity index (χ0n) is 9.41. The third-order valence-corrected chi connectivity index (χ3v) is 4.25. The predicted molar refractivity (Wildman–Crippen MR) is 65.2 cm³/mol. The maximum atomic E-state index is 11.4. The number of hydrogen-bond donors (Lipinski definition) is 0. The van der Waals surface area contributed by atoms with E-state index in [1.165, 1.54) is 17.5 Å². The van der Waals surface area contributed by atoms with Gasteiger partial charge in [-0.2, -0.15) is 0 Å². The topological polar surface area (TPSA) is 17.1 Å². The van der Waals surface area contributed by atoms with Crippen LogP contribution in [0.5, 0.6) is 0 Å². The molecule has 2 aliphatic carbocycles. The second kappa shape index (κ2) is 3.31. The van der Waals surface area contributed by atoms with E-state index in [0.717, 1.165) is 19.3 Å². The second-order valence-corrected chi connectivity index (χ2v) is 5.13. The van der Waals surface area contributed by atoms with Gasteiger partial charge in [-0.15, -0.1) is 0 Å². The maximum absolute atomic E-state index is 11.4. The highest BCUT2D eigenvalue weighted by Crippen LogP contribution is 2.61. The number of Topliss-reactive ketones (excluding diaryl/α,β-unsaturated/α-hetero) is 1. The molecule has 2 fully saturated rings. The van der Waals surface area contributed by atoms with Crippen LogP contribution in [-0.4, -0.2) is 5.78 Å². The lowest BCUT2D eigenvalue weighted by Crippen LogP contribution is -2.19. The van der Waals surface area contributed by atoms with Gasteiger partial charge >= 0.3 is 0 Å². The summed E-state index contributed by atoms with van der Waals surface area (Å²) in [5.74, 6) is 1.08. The number of benzene rings is 1. The summed E-state index contributed by atoms with van der Waals surface area (Å²) in [5.41, 5.74) is 2.95. The average molecular weight is 212 g/mol. The maximum Gasteiger partial charge on any atom is 0.133 e. The van der Waals surface area contributed by atoms with Crippen molar-refractivity contribution >= 4 is 11.9 Å². The van der Waals surface area contributed by atoms with E-state index in [4.69, 9.17) is 0 Å². The molecular weight excluding hydrogens is 196 g/mol. The summed E-state index contributed by atoms with van der Waals surface area (Å²) < 4.78 is 0. The highest BCUT2D eigenvalue weighted by molar-refractivity contribution is 5.81. The minimum Gasteiger partial charge on any atom is -0.300 e. The lowest BCUT2D eigenvalue weighted by molar-refractivity contribution is -0.120. The standard InChI is InChI=1S/C15H16O/c1-2-11-4-3-5-12(8-11)15-7-6-14(16)9-13(15)10-15/h2-5,8,13H,1,6-7,9-10H2. The molecule has 3 rings (SSSR count). The van der Waals surface area contributed by atoms with E-state index >= 15 is 0 Å². The molecule has 2 saturated carbocycles. The van der Waals surface area contributed by atoms with Gasteiger partial charge in [-0.1, -0.05) is 36.9 Å². The molecule has 1 heteroatoms. The Balaban J connectivity index is 1.93. The average Bonchev–Trinajstić information content (AvgIpc) is 3.04. The first-order valence-electron chi connectivity index (χ1n) is 5.99. The summed E-state index contributed by atoms with van der Waals surface area (Å²) >= 11 is 0. The highest BCUT2D eigenvalue weighted by Gasteiger charge is 2.57. The smallest absolute Gasteiger partial charge is 0.133 e. The van der Waals surface area contributed by atoms with E-state index in [9.17, 15) is 4.79 Å². The normalized spacial score (nSPS) is 32.0. The van der Waals surface area contributed by atoms with Gasteiger partial charge in [-0.25, -0.2) is 0 Å². The first-order valence-corrected chi connectivity index (χ1v) is 5.99. The molecule has 1 aromatic carbocycles. The summed E-state index contributed by atoms with van der Waals surface area (Å²) in [6, 6.07) is 8.64. The van der Waals surface area contributed by atoms with Gasteiger partial charge in [0.1, 0.15) is 5.78 Å². The molecule has 82 valence electrons. The van der Waals surface area contributed by atoms with Gasteiger partial charge in [0.05, 0.1) is 0 Å². The largest absolute Gasteiger partial charge is 0.300 e. The first-order chi connectivity index (χ1) is 7.74. The molecule has 2 aliphatic rings. The fraction of sp³-hybridized carbons (Fsp3) is 0.400. The van der Waals surface area contributed by atoms with Gasteiger partial charge in [0.25, 0.3) is 0 Å². The van der Waals surface area contributed by atoms with E-state index in [2.05, 4.69) is 30.8 Å². The van der Waals surface area contributed by atoms with Crippen molar-refractivity contribution in [1.82, 2.24) is 0 Å². The molecule has 1 aromatic rings. The van der Waals surface area contributed by atoms with Gasteiger partial charge in [0, 0.05) is 12.8 Å². The summed E-state index contributed by atoms with van der Waals surface area (Å²) in [6.45, 7) is 3.81.